The third kappa shape index (κ3) is 6.66. The van der Waals surface area contributed by atoms with Gasteiger partial charge in [-0.15, -0.1) is 0 Å². The molecular weight excluding hydrogens is 614 g/mol. The number of methoxy groups -OCH3 is 1. The molecule has 0 radical (unpaired) electrons. The van der Waals surface area contributed by atoms with Crippen molar-refractivity contribution in [2.75, 3.05) is 7.11 Å². The number of hydrogen-bond donors (Lipinski definition) is 1. The Bertz CT molecular complexity index is 1320. The second kappa shape index (κ2) is 12.1. The van der Waals surface area contributed by atoms with E-state index in [4.69, 9.17) is 32.9 Å². The molecule has 0 atom stereocenters. The normalized spacial score (nSPS) is 15.7. The van der Waals surface area contributed by atoms with E-state index in [1.165, 1.54) is 12.7 Å². The Morgan fingerprint density at radius 3 is 2.46 bits per heavy atom. The van der Waals surface area contributed by atoms with Crippen LogP contribution in [0.5, 0.6) is 0 Å². The maximum absolute atomic E-state index is 12.9. The summed E-state index contributed by atoms with van der Waals surface area (Å²) in [7, 11) is 1.40. The van der Waals surface area contributed by atoms with Gasteiger partial charge in [0.15, 0.2) is 0 Å². The number of ether oxygens (including phenoxy) is 1. The molecule has 0 aromatic heterocycles. The van der Waals surface area contributed by atoms with Gasteiger partial charge in [-0.1, -0.05) is 0 Å². The second-order valence-electron chi connectivity index (χ2n) is 7.60. The van der Waals surface area contributed by atoms with Crippen molar-refractivity contribution >= 4 is 70.4 Å². The monoisotopic (exact) mass is 634 g/mol. The zero-order valence-electron chi connectivity index (χ0n) is 18.7. The first-order chi connectivity index (χ1) is 16.9. The predicted molar refractivity (Wildman–Crippen MR) is 148 cm³/mol. The summed E-state index contributed by atoms with van der Waals surface area (Å²) < 4.78 is 7.92. The minimum atomic E-state index is -0.385. The first-order valence-electron chi connectivity index (χ1n) is 10.7. The van der Waals surface area contributed by atoms with Gasteiger partial charge in [0.2, 0.25) is 0 Å². The summed E-state index contributed by atoms with van der Waals surface area (Å²) in [6.45, 7) is 0.533. The van der Waals surface area contributed by atoms with Crippen LogP contribution in [0.25, 0.3) is 0 Å². The van der Waals surface area contributed by atoms with Crippen molar-refractivity contribution < 1.29 is 9.53 Å². The number of carbonyl (C=O) groups is 1. The summed E-state index contributed by atoms with van der Waals surface area (Å²) in [6.07, 6.45) is 2.80. The first-order valence-corrected chi connectivity index (χ1v) is 14.0. The topological polar surface area (TPSA) is 50.7 Å². The number of benzene rings is 3. The van der Waals surface area contributed by atoms with Gasteiger partial charge in [-0.25, -0.2) is 0 Å². The number of carbonyl (C=O) groups excluding carboxylic acids is 1. The summed E-state index contributed by atoms with van der Waals surface area (Å²) >= 11 is 15.6. The van der Waals surface area contributed by atoms with Crippen molar-refractivity contribution in [3.63, 3.8) is 0 Å². The van der Waals surface area contributed by atoms with Crippen LogP contribution in [-0.2, 0) is 22.5 Å². The Morgan fingerprint density at radius 2 is 1.77 bits per heavy atom. The molecule has 178 valence electrons. The predicted octanol–water partition coefficient (Wildman–Crippen LogP) is 6.85. The van der Waals surface area contributed by atoms with Gasteiger partial charge in [0.05, 0.1) is 0 Å². The molecule has 0 unspecified atom stereocenters. The van der Waals surface area contributed by atoms with Gasteiger partial charge in [0.25, 0.3) is 0 Å². The summed E-state index contributed by atoms with van der Waals surface area (Å²) in [5.74, 6) is -0.385. The van der Waals surface area contributed by atoms with Crippen molar-refractivity contribution in [1.82, 2.24) is 5.32 Å². The maximum atomic E-state index is 12.9. The van der Waals surface area contributed by atoms with E-state index in [1.54, 1.807) is 12.1 Å². The van der Waals surface area contributed by atoms with Gasteiger partial charge < -0.3 is 0 Å². The molecule has 35 heavy (non-hydrogen) atoms. The van der Waals surface area contributed by atoms with E-state index in [2.05, 4.69) is 39.5 Å². The standard InChI is InChI=1S/C27H21BrCl2N2O2Se/c1-34-27(33)24-23(14-9-17-5-3-2-4-6-17)35-26(32-20-12-13-21(29)22(30)15-20)25(24)31-16-18-7-10-19(28)11-8-18/h2-8,10-15,31H,9,16H2,1H3/b23-14-,32-26?. The molecule has 1 aliphatic rings. The van der Waals surface area contributed by atoms with Crippen LogP contribution in [0.4, 0.5) is 5.69 Å². The van der Waals surface area contributed by atoms with Crippen LogP contribution in [0.2, 0.25) is 10.0 Å². The number of nitrogens with one attached hydrogen (secondary N) is 1. The SMILES string of the molecule is COC(=O)C1=C(NCc2ccc(Br)cc2)C(=Nc2ccc(Cl)c(Cl)c2)[Se]/C1=C\Cc1ccccc1. The molecule has 3 aromatic carbocycles. The van der Waals surface area contributed by atoms with E-state index >= 15 is 0 Å². The van der Waals surface area contributed by atoms with Crippen LogP contribution in [0.3, 0.4) is 0 Å². The van der Waals surface area contributed by atoms with E-state index in [9.17, 15) is 4.79 Å². The summed E-state index contributed by atoms with van der Waals surface area (Å²) in [6, 6.07) is 23.4. The molecule has 0 amide bonds. The van der Waals surface area contributed by atoms with Gasteiger partial charge in [-0.05, 0) is 0 Å². The van der Waals surface area contributed by atoms with Crippen LogP contribution in [0.1, 0.15) is 11.1 Å². The Balaban J connectivity index is 1.74. The molecule has 0 saturated carbocycles. The van der Waals surface area contributed by atoms with E-state index < -0.39 is 0 Å². The molecule has 0 spiro atoms. The number of aliphatic imine (C=N–C) groups is 1. The molecule has 0 fully saturated rings. The summed E-state index contributed by atoms with van der Waals surface area (Å²) in [5.41, 5.74) is 4.13. The average Bonchev–Trinajstić information content (AvgIpc) is 3.21. The fourth-order valence-electron chi connectivity index (χ4n) is 3.42. The van der Waals surface area contributed by atoms with Gasteiger partial charge >= 0.3 is 231 Å². The number of allylic oxidation sites excluding steroid dienone is 2. The first kappa shape index (κ1) is 25.7. The number of esters is 1. The fraction of sp³-hybridized carbons (Fsp3) is 0.111. The fourth-order valence-corrected chi connectivity index (χ4v) is 6.26. The Hall–Kier alpha value is -2.34. The zero-order valence-corrected chi connectivity index (χ0v) is 23.5. The third-order valence-corrected chi connectivity index (χ3v) is 8.72. The van der Waals surface area contributed by atoms with Crippen LogP contribution < -0.4 is 5.32 Å². The molecule has 1 N–H and O–H groups in total. The van der Waals surface area contributed by atoms with Gasteiger partial charge in [-0.3, -0.25) is 0 Å². The van der Waals surface area contributed by atoms with Crippen molar-refractivity contribution in [3.8, 4) is 0 Å². The van der Waals surface area contributed by atoms with Crippen LogP contribution in [-0.4, -0.2) is 32.6 Å². The van der Waals surface area contributed by atoms with Crippen molar-refractivity contribution in [3.05, 3.63) is 120 Å². The molecular formula is C27H21BrCl2N2O2Se. The van der Waals surface area contributed by atoms with E-state index in [-0.39, 0.29) is 20.9 Å². The van der Waals surface area contributed by atoms with Crippen LogP contribution >= 0.6 is 39.1 Å². The summed E-state index contributed by atoms with van der Waals surface area (Å²) in [5, 5.41) is 4.35. The molecule has 3 aromatic rings. The van der Waals surface area contributed by atoms with Crippen LogP contribution in [0, 0.1) is 0 Å². The Kier molecular flexibility index (Phi) is 8.88. The quantitative estimate of drug-likeness (QED) is 0.229. The van der Waals surface area contributed by atoms with Crippen molar-refractivity contribution in [2.24, 2.45) is 4.99 Å². The molecule has 8 heteroatoms. The van der Waals surface area contributed by atoms with Crippen molar-refractivity contribution in [1.29, 1.82) is 0 Å². The Morgan fingerprint density at radius 1 is 1.03 bits per heavy atom. The molecule has 4 nitrogen and oxygen atoms in total. The molecule has 4 rings (SSSR count). The summed E-state index contributed by atoms with van der Waals surface area (Å²) in [4.78, 5) is 17.8. The molecule has 1 heterocycles. The van der Waals surface area contributed by atoms with E-state index in [0.717, 1.165) is 19.1 Å². The zero-order chi connectivity index (χ0) is 24.8. The van der Waals surface area contributed by atoms with Gasteiger partial charge in [0, 0.05) is 0 Å². The minimum absolute atomic E-state index is 0.216. The molecule has 0 saturated heterocycles. The average molecular weight is 635 g/mol. The van der Waals surface area contributed by atoms with E-state index in [1.807, 2.05) is 48.5 Å². The number of halogens is 3. The van der Waals surface area contributed by atoms with Gasteiger partial charge in [-0.2, -0.15) is 0 Å². The molecule has 0 bridgehead atoms. The third-order valence-electron chi connectivity index (χ3n) is 5.19. The molecule has 0 aliphatic carbocycles. The second-order valence-corrected chi connectivity index (χ2v) is 11.5. The molecule has 1 aliphatic heterocycles. The van der Waals surface area contributed by atoms with E-state index in [0.29, 0.717) is 40.0 Å². The number of hydrogen-bond acceptors (Lipinski definition) is 4. The Labute approximate surface area is 229 Å². The van der Waals surface area contributed by atoms with Gasteiger partial charge in [0.1, 0.15) is 0 Å². The number of nitrogens with zero attached hydrogens (tertiary/aromatic N) is 1. The van der Waals surface area contributed by atoms with Crippen molar-refractivity contribution in [2.45, 2.75) is 13.0 Å². The number of rotatable bonds is 7. The van der Waals surface area contributed by atoms with Crippen LogP contribution in [0.15, 0.2) is 104 Å².